The van der Waals surface area contributed by atoms with Gasteiger partial charge in [-0.05, 0) is 11.5 Å². The van der Waals surface area contributed by atoms with E-state index >= 15 is 0 Å². The number of halogens is 2. The van der Waals surface area contributed by atoms with E-state index in [0.717, 1.165) is 12.5 Å². The Morgan fingerprint density at radius 2 is 1.87 bits per heavy atom. The number of rotatable bonds is 4. The standard InChI is InChI=1S/C10H15F2N3/c1-7(2)8-4-13-9(14-5-8)15-6-10(3,11)12/h4-5,7H,6H2,1-3H3,(H,13,14,15). The molecule has 0 spiro atoms. The van der Waals surface area contributed by atoms with Crippen LogP contribution in [0.4, 0.5) is 14.7 Å². The van der Waals surface area contributed by atoms with Crippen LogP contribution in [0.1, 0.15) is 32.3 Å². The number of hydrogen-bond acceptors (Lipinski definition) is 3. The molecule has 15 heavy (non-hydrogen) atoms. The molecule has 0 aliphatic heterocycles. The minimum absolute atomic E-state index is 0.237. The van der Waals surface area contributed by atoms with Crippen LogP contribution in [0.2, 0.25) is 0 Å². The van der Waals surface area contributed by atoms with Crippen molar-refractivity contribution in [2.75, 3.05) is 11.9 Å². The van der Waals surface area contributed by atoms with Crippen LogP contribution in [-0.2, 0) is 0 Å². The smallest absolute Gasteiger partial charge is 0.262 e. The van der Waals surface area contributed by atoms with Gasteiger partial charge < -0.3 is 5.32 Å². The van der Waals surface area contributed by atoms with Crippen molar-refractivity contribution >= 4 is 5.95 Å². The molecule has 0 atom stereocenters. The Morgan fingerprint density at radius 3 is 2.27 bits per heavy atom. The Bertz CT molecular complexity index is 303. The van der Waals surface area contributed by atoms with Gasteiger partial charge in [-0.15, -0.1) is 0 Å². The van der Waals surface area contributed by atoms with Crippen LogP contribution in [0, 0.1) is 0 Å². The van der Waals surface area contributed by atoms with Crippen LogP contribution >= 0.6 is 0 Å². The van der Waals surface area contributed by atoms with Gasteiger partial charge in [0.2, 0.25) is 5.95 Å². The average Bonchev–Trinajstić information content (AvgIpc) is 2.14. The first-order valence-electron chi connectivity index (χ1n) is 4.82. The fourth-order valence-corrected chi connectivity index (χ4v) is 0.962. The van der Waals surface area contributed by atoms with Gasteiger partial charge in [0.15, 0.2) is 0 Å². The van der Waals surface area contributed by atoms with Crippen molar-refractivity contribution in [3.63, 3.8) is 0 Å². The SMILES string of the molecule is CC(C)c1cnc(NCC(C)(F)F)nc1. The molecule has 0 aromatic carbocycles. The van der Waals surface area contributed by atoms with Gasteiger partial charge in [-0.3, -0.25) is 0 Å². The highest BCUT2D eigenvalue weighted by Crippen LogP contribution is 2.14. The van der Waals surface area contributed by atoms with Crippen molar-refractivity contribution in [1.29, 1.82) is 0 Å². The first kappa shape index (κ1) is 11.8. The van der Waals surface area contributed by atoms with Crippen molar-refractivity contribution in [2.24, 2.45) is 0 Å². The van der Waals surface area contributed by atoms with E-state index in [1.165, 1.54) is 0 Å². The fraction of sp³-hybridized carbons (Fsp3) is 0.600. The monoisotopic (exact) mass is 215 g/mol. The van der Waals surface area contributed by atoms with Crippen molar-refractivity contribution in [3.8, 4) is 0 Å². The predicted molar refractivity (Wildman–Crippen MR) is 55.2 cm³/mol. The van der Waals surface area contributed by atoms with Crippen LogP contribution in [-0.4, -0.2) is 22.4 Å². The summed E-state index contributed by atoms with van der Waals surface area (Å²) in [6, 6.07) is 0. The minimum atomic E-state index is -2.75. The van der Waals surface area contributed by atoms with Crippen LogP contribution in [0.15, 0.2) is 12.4 Å². The topological polar surface area (TPSA) is 37.8 Å². The summed E-state index contributed by atoms with van der Waals surface area (Å²) >= 11 is 0. The molecule has 1 rings (SSSR count). The third-order valence-electron chi connectivity index (χ3n) is 1.90. The number of aromatic nitrogens is 2. The molecule has 0 fully saturated rings. The van der Waals surface area contributed by atoms with E-state index in [9.17, 15) is 8.78 Å². The number of anilines is 1. The molecule has 1 aromatic heterocycles. The van der Waals surface area contributed by atoms with E-state index < -0.39 is 12.5 Å². The van der Waals surface area contributed by atoms with Crippen LogP contribution in [0.25, 0.3) is 0 Å². The van der Waals surface area contributed by atoms with Crippen LogP contribution in [0.3, 0.4) is 0 Å². The first-order chi connectivity index (χ1) is 6.88. The van der Waals surface area contributed by atoms with Crippen LogP contribution < -0.4 is 5.32 Å². The molecule has 0 bridgehead atoms. The Hall–Kier alpha value is -1.26. The lowest BCUT2D eigenvalue weighted by atomic mass is 10.1. The van der Waals surface area contributed by atoms with Gasteiger partial charge >= 0.3 is 0 Å². The molecule has 0 saturated heterocycles. The second-order valence-electron chi connectivity index (χ2n) is 3.92. The van der Waals surface area contributed by atoms with Gasteiger partial charge in [-0.25, -0.2) is 18.7 Å². The summed E-state index contributed by atoms with van der Waals surface area (Å²) in [6.07, 6.45) is 3.29. The quantitative estimate of drug-likeness (QED) is 0.839. The molecule has 1 N–H and O–H groups in total. The molecule has 0 saturated carbocycles. The van der Waals surface area contributed by atoms with E-state index in [4.69, 9.17) is 0 Å². The second-order valence-corrected chi connectivity index (χ2v) is 3.92. The molecule has 1 heterocycles. The molecule has 0 amide bonds. The zero-order valence-corrected chi connectivity index (χ0v) is 9.09. The van der Waals surface area contributed by atoms with E-state index in [0.29, 0.717) is 5.92 Å². The minimum Gasteiger partial charge on any atom is -0.348 e. The van der Waals surface area contributed by atoms with Gasteiger partial charge in [0.25, 0.3) is 5.92 Å². The number of hydrogen-bond donors (Lipinski definition) is 1. The highest BCUT2D eigenvalue weighted by Gasteiger charge is 2.20. The van der Waals surface area contributed by atoms with Gasteiger partial charge in [-0.1, -0.05) is 13.8 Å². The largest absolute Gasteiger partial charge is 0.348 e. The van der Waals surface area contributed by atoms with Crippen LogP contribution in [0.5, 0.6) is 0 Å². The number of nitrogens with zero attached hydrogens (tertiary/aromatic N) is 2. The maximum absolute atomic E-state index is 12.5. The van der Waals surface area contributed by atoms with E-state index in [1.54, 1.807) is 12.4 Å². The van der Waals surface area contributed by atoms with E-state index in [2.05, 4.69) is 15.3 Å². The fourth-order valence-electron chi connectivity index (χ4n) is 0.962. The first-order valence-corrected chi connectivity index (χ1v) is 4.82. The second kappa shape index (κ2) is 4.51. The highest BCUT2D eigenvalue weighted by molar-refractivity contribution is 5.25. The molecule has 3 nitrogen and oxygen atoms in total. The highest BCUT2D eigenvalue weighted by atomic mass is 19.3. The molecule has 0 unspecified atom stereocenters. The summed E-state index contributed by atoms with van der Waals surface area (Å²) in [7, 11) is 0. The lowest BCUT2D eigenvalue weighted by molar-refractivity contribution is 0.0366. The molecule has 84 valence electrons. The summed E-state index contributed by atoms with van der Waals surface area (Å²) in [6.45, 7) is 4.44. The average molecular weight is 215 g/mol. The summed E-state index contributed by atoms with van der Waals surface area (Å²) in [5, 5.41) is 2.48. The van der Waals surface area contributed by atoms with Crippen molar-refractivity contribution in [3.05, 3.63) is 18.0 Å². The van der Waals surface area contributed by atoms with Gasteiger partial charge in [-0.2, -0.15) is 0 Å². The third kappa shape index (κ3) is 4.18. The molecular weight excluding hydrogens is 200 g/mol. The molecule has 0 aliphatic carbocycles. The van der Waals surface area contributed by atoms with Gasteiger partial charge in [0, 0.05) is 19.3 Å². The number of alkyl halides is 2. The van der Waals surface area contributed by atoms with Gasteiger partial charge in [0.05, 0.1) is 6.54 Å². The zero-order chi connectivity index (χ0) is 11.5. The van der Waals surface area contributed by atoms with E-state index in [-0.39, 0.29) is 5.95 Å². The summed E-state index contributed by atoms with van der Waals surface area (Å²) in [5.74, 6) is -2.17. The Labute approximate surface area is 87.9 Å². The lowest BCUT2D eigenvalue weighted by Gasteiger charge is -2.11. The molecule has 1 aromatic rings. The summed E-state index contributed by atoms with van der Waals surface area (Å²) < 4.78 is 25.0. The molecule has 5 heteroatoms. The third-order valence-corrected chi connectivity index (χ3v) is 1.90. The van der Waals surface area contributed by atoms with E-state index in [1.807, 2.05) is 13.8 Å². The van der Waals surface area contributed by atoms with Crippen molar-refractivity contribution < 1.29 is 8.78 Å². The van der Waals surface area contributed by atoms with Gasteiger partial charge in [0.1, 0.15) is 0 Å². The Kier molecular flexibility index (Phi) is 3.55. The molecular formula is C10H15F2N3. The maximum Gasteiger partial charge on any atom is 0.262 e. The zero-order valence-electron chi connectivity index (χ0n) is 9.09. The van der Waals surface area contributed by atoms with Crippen molar-refractivity contribution in [1.82, 2.24) is 9.97 Å². The molecule has 0 aliphatic rings. The number of nitrogens with one attached hydrogen (secondary N) is 1. The van der Waals surface area contributed by atoms with Crippen molar-refractivity contribution in [2.45, 2.75) is 32.6 Å². The normalized spacial score (nSPS) is 11.9. The maximum atomic E-state index is 12.5. The summed E-state index contributed by atoms with van der Waals surface area (Å²) in [4.78, 5) is 7.89. The molecule has 0 radical (unpaired) electrons. The Balaban J connectivity index is 2.57. The lowest BCUT2D eigenvalue weighted by Crippen LogP contribution is -2.23. The predicted octanol–water partition coefficient (Wildman–Crippen LogP) is 2.67. The summed E-state index contributed by atoms with van der Waals surface area (Å²) in [5.41, 5.74) is 0.990. The Morgan fingerprint density at radius 1 is 1.33 bits per heavy atom.